The summed E-state index contributed by atoms with van der Waals surface area (Å²) in [6, 6.07) is 8.19. The largest absolute Gasteiger partial charge is 0.495 e. The fraction of sp³-hybridized carbons (Fsp3) is 0.235. The summed E-state index contributed by atoms with van der Waals surface area (Å²) < 4.78 is 32.5. The Bertz CT molecular complexity index is 885. The van der Waals surface area contributed by atoms with Crippen LogP contribution in [0.5, 0.6) is 5.75 Å². The highest BCUT2D eigenvalue weighted by atomic mass is 32.2. The minimum Gasteiger partial charge on any atom is -0.495 e. The van der Waals surface area contributed by atoms with Gasteiger partial charge in [0.2, 0.25) is 15.9 Å². The Morgan fingerprint density at radius 1 is 1.32 bits per heavy atom. The number of hydrogen-bond acceptors (Lipinski definition) is 5. The maximum Gasteiger partial charge on any atom is 0.248 e. The van der Waals surface area contributed by atoms with Crippen molar-refractivity contribution in [3.8, 4) is 5.75 Å². The molecule has 6 nitrogen and oxygen atoms in total. The molecule has 1 saturated carbocycles. The Hall–Kier alpha value is -2.16. The lowest BCUT2D eigenvalue weighted by Crippen LogP contribution is -2.25. The molecule has 1 heterocycles. The number of carbonyl (C=O) groups is 1. The minimum absolute atomic E-state index is 0.0128. The van der Waals surface area contributed by atoms with Crippen molar-refractivity contribution < 1.29 is 17.9 Å². The van der Waals surface area contributed by atoms with E-state index >= 15 is 0 Å². The third kappa shape index (κ3) is 4.68. The Morgan fingerprint density at radius 3 is 2.76 bits per heavy atom. The molecule has 0 aliphatic heterocycles. The van der Waals surface area contributed by atoms with E-state index in [9.17, 15) is 13.2 Å². The van der Waals surface area contributed by atoms with Crippen LogP contribution in [0.4, 0.5) is 5.69 Å². The average Bonchev–Trinajstić information content (AvgIpc) is 3.23. The van der Waals surface area contributed by atoms with Crippen molar-refractivity contribution in [1.29, 1.82) is 0 Å². The van der Waals surface area contributed by atoms with Crippen molar-refractivity contribution >= 4 is 39.0 Å². The zero-order valence-corrected chi connectivity index (χ0v) is 15.2. The first-order chi connectivity index (χ1) is 12.0. The molecule has 1 amide bonds. The first-order valence-corrected chi connectivity index (χ1v) is 10.1. The monoisotopic (exact) mass is 378 g/mol. The van der Waals surface area contributed by atoms with Crippen molar-refractivity contribution in [3.05, 3.63) is 46.7 Å². The second-order valence-electron chi connectivity index (χ2n) is 5.60. The highest BCUT2D eigenvalue weighted by molar-refractivity contribution is 7.89. The van der Waals surface area contributed by atoms with Crippen molar-refractivity contribution in [2.45, 2.75) is 23.8 Å². The summed E-state index contributed by atoms with van der Waals surface area (Å²) in [6.07, 6.45) is 4.80. The van der Waals surface area contributed by atoms with Crippen LogP contribution in [0.2, 0.25) is 0 Å². The lowest BCUT2D eigenvalue weighted by atomic mass is 10.3. The number of ether oxygens (including phenoxy) is 1. The van der Waals surface area contributed by atoms with Crippen molar-refractivity contribution in [2.75, 3.05) is 12.4 Å². The summed E-state index contributed by atoms with van der Waals surface area (Å²) in [5, 5.41) is 4.59. The Labute approximate surface area is 150 Å². The molecule has 1 aromatic heterocycles. The van der Waals surface area contributed by atoms with Crippen LogP contribution >= 0.6 is 11.3 Å². The topological polar surface area (TPSA) is 84.5 Å². The summed E-state index contributed by atoms with van der Waals surface area (Å²) in [5.41, 5.74) is 0.307. The van der Waals surface area contributed by atoms with Crippen molar-refractivity contribution in [1.82, 2.24) is 4.72 Å². The fourth-order valence-corrected chi connectivity index (χ4v) is 4.11. The average molecular weight is 378 g/mol. The normalized spacial score (nSPS) is 14.6. The SMILES string of the molecule is COc1ccc(S(=O)(=O)NC2CC2)cc1NC(=O)/C=C/c1cccs1. The molecular weight excluding hydrogens is 360 g/mol. The molecule has 1 aromatic carbocycles. The van der Waals surface area contributed by atoms with Crippen molar-refractivity contribution in [3.63, 3.8) is 0 Å². The van der Waals surface area contributed by atoms with Crippen LogP contribution < -0.4 is 14.8 Å². The second-order valence-corrected chi connectivity index (χ2v) is 8.29. The van der Waals surface area contributed by atoms with E-state index in [1.54, 1.807) is 6.08 Å². The van der Waals surface area contributed by atoms with E-state index in [1.807, 2.05) is 17.5 Å². The van der Waals surface area contributed by atoms with Gasteiger partial charge >= 0.3 is 0 Å². The van der Waals surface area contributed by atoms with Crippen LogP contribution in [-0.2, 0) is 14.8 Å². The molecule has 0 unspecified atom stereocenters. The number of methoxy groups -OCH3 is 1. The van der Waals surface area contributed by atoms with Gasteiger partial charge in [-0.15, -0.1) is 11.3 Å². The standard InChI is InChI=1S/C17H18N2O4S2/c1-23-16-8-7-14(25(21,22)19-12-4-5-12)11-15(16)18-17(20)9-6-13-3-2-10-24-13/h2-3,6-12,19H,4-5H2,1H3,(H,18,20)/b9-6+. The van der Waals surface area contributed by atoms with Crippen LogP contribution in [0.3, 0.4) is 0 Å². The number of nitrogens with one attached hydrogen (secondary N) is 2. The molecule has 0 saturated heterocycles. The lowest BCUT2D eigenvalue weighted by molar-refractivity contribution is -0.111. The quantitative estimate of drug-likeness (QED) is 0.726. The van der Waals surface area contributed by atoms with Crippen LogP contribution in [0.1, 0.15) is 17.7 Å². The number of benzene rings is 1. The van der Waals surface area contributed by atoms with Gasteiger partial charge in [-0.3, -0.25) is 4.79 Å². The molecule has 0 radical (unpaired) electrons. The summed E-state index contributed by atoms with van der Waals surface area (Å²) in [7, 11) is -2.14. The summed E-state index contributed by atoms with van der Waals surface area (Å²) in [5.74, 6) is 0.0274. The number of anilines is 1. The predicted molar refractivity (Wildman–Crippen MR) is 98.3 cm³/mol. The molecule has 3 rings (SSSR count). The first kappa shape index (κ1) is 17.7. The van der Waals surface area contributed by atoms with Gasteiger partial charge in [-0.05, 0) is 48.6 Å². The minimum atomic E-state index is -3.60. The lowest BCUT2D eigenvalue weighted by Gasteiger charge is -2.12. The summed E-state index contributed by atoms with van der Waals surface area (Å²) in [6.45, 7) is 0. The fourth-order valence-electron chi connectivity index (χ4n) is 2.16. The smallest absolute Gasteiger partial charge is 0.248 e. The van der Waals surface area contributed by atoms with Crippen LogP contribution in [-0.4, -0.2) is 27.5 Å². The number of rotatable bonds is 7. The van der Waals surface area contributed by atoms with Gasteiger partial charge in [0, 0.05) is 17.0 Å². The molecule has 1 aliphatic rings. The van der Waals surface area contributed by atoms with Gasteiger partial charge < -0.3 is 10.1 Å². The van der Waals surface area contributed by atoms with E-state index in [-0.39, 0.29) is 16.8 Å². The summed E-state index contributed by atoms with van der Waals surface area (Å²) in [4.78, 5) is 13.2. The van der Waals surface area contributed by atoms with Crippen LogP contribution in [0.15, 0.2) is 46.7 Å². The maximum absolute atomic E-state index is 12.3. The molecule has 0 spiro atoms. The second kappa shape index (κ2) is 7.38. The number of thiophene rings is 1. The molecule has 8 heteroatoms. The van der Waals surface area contributed by atoms with Gasteiger partial charge in [-0.25, -0.2) is 13.1 Å². The van der Waals surface area contributed by atoms with Gasteiger partial charge in [0.05, 0.1) is 17.7 Å². The molecule has 0 atom stereocenters. The molecule has 0 bridgehead atoms. The van der Waals surface area contributed by atoms with Gasteiger partial charge in [0.15, 0.2) is 0 Å². The van der Waals surface area contributed by atoms with Crippen LogP contribution in [0.25, 0.3) is 6.08 Å². The number of amides is 1. The van der Waals surface area contributed by atoms with E-state index in [0.717, 1.165) is 17.7 Å². The Kier molecular flexibility index (Phi) is 5.22. The molecule has 1 fully saturated rings. The number of hydrogen-bond donors (Lipinski definition) is 2. The molecular formula is C17H18N2O4S2. The molecule has 132 valence electrons. The molecule has 1 aliphatic carbocycles. The molecule has 2 N–H and O–H groups in total. The van der Waals surface area contributed by atoms with Gasteiger partial charge in [-0.1, -0.05) is 6.07 Å². The van der Waals surface area contributed by atoms with Crippen LogP contribution in [0, 0.1) is 0 Å². The zero-order chi connectivity index (χ0) is 17.9. The molecule has 25 heavy (non-hydrogen) atoms. The third-order valence-electron chi connectivity index (χ3n) is 3.58. The highest BCUT2D eigenvalue weighted by Gasteiger charge is 2.28. The van der Waals surface area contributed by atoms with E-state index in [2.05, 4.69) is 10.0 Å². The van der Waals surface area contributed by atoms with E-state index < -0.39 is 10.0 Å². The molecule has 2 aromatic rings. The third-order valence-corrected chi connectivity index (χ3v) is 5.94. The first-order valence-electron chi connectivity index (χ1n) is 7.71. The number of sulfonamides is 1. The summed E-state index contributed by atoms with van der Waals surface area (Å²) >= 11 is 1.52. The van der Waals surface area contributed by atoms with E-state index in [4.69, 9.17) is 4.74 Å². The van der Waals surface area contributed by atoms with Gasteiger partial charge in [-0.2, -0.15) is 0 Å². The Morgan fingerprint density at radius 2 is 2.12 bits per heavy atom. The highest BCUT2D eigenvalue weighted by Crippen LogP contribution is 2.29. The van der Waals surface area contributed by atoms with Gasteiger partial charge in [0.25, 0.3) is 0 Å². The van der Waals surface area contributed by atoms with Crippen molar-refractivity contribution in [2.24, 2.45) is 0 Å². The van der Waals surface area contributed by atoms with E-state index in [1.165, 1.54) is 42.7 Å². The van der Waals surface area contributed by atoms with Gasteiger partial charge in [0.1, 0.15) is 5.75 Å². The maximum atomic E-state index is 12.3. The predicted octanol–water partition coefficient (Wildman–Crippen LogP) is 2.85. The zero-order valence-electron chi connectivity index (χ0n) is 13.6. The van der Waals surface area contributed by atoms with E-state index in [0.29, 0.717) is 11.4 Å². The number of carbonyl (C=O) groups excluding carboxylic acids is 1. The Balaban J connectivity index is 1.79.